The highest BCUT2D eigenvalue weighted by Crippen LogP contribution is 2.21. The first-order valence-corrected chi connectivity index (χ1v) is 10.4. The van der Waals surface area contributed by atoms with Crippen LogP contribution >= 0.6 is 15.9 Å². The second-order valence-corrected chi connectivity index (χ2v) is 8.54. The number of sulfonamides is 1. The summed E-state index contributed by atoms with van der Waals surface area (Å²) in [6, 6.07) is 20.0. The van der Waals surface area contributed by atoms with Gasteiger partial charge in [0.05, 0.1) is 11.4 Å². The smallest absolute Gasteiger partial charge is 0.242 e. The molecule has 0 saturated heterocycles. The first-order valence-electron chi connectivity index (χ1n) is 8.08. The molecule has 1 aromatic heterocycles. The third-order valence-electron chi connectivity index (χ3n) is 4.00. The molecular formula is C19H14BrN3O3S. The van der Waals surface area contributed by atoms with Crippen LogP contribution in [-0.2, 0) is 16.6 Å². The predicted molar refractivity (Wildman–Crippen MR) is 105 cm³/mol. The van der Waals surface area contributed by atoms with Crippen LogP contribution in [-0.4, -0.2) is 18.6 Å². The topological polar surface area (TPSA) is 85.1 Å². The van der Waals surface area contributed by atoms with Gasteiger partial charge >= 0.3 is 0 Å². The Morgan fingerprint density at radius 2 is 1.78 bits per heavy atom. The largest absolute Gasteiger partial charge is 0.338 e. The fraction of sp³-hybridized carbons (Fsp3) is 0.0526. The molecule has 27 heavy (non-hydrogen) atoms. The molecule has 4 aromatic rings. The summed E-state index contributed by atoms with van der Waals surface area (Å²) in [7, 11) is -3.70. The molecule has 0 bridgehead atoms. The Morgan fingerprint density at radius 3 is 2.59 bits per heavy atom. The first-order chi connectivity index (χ1) is 13.0. The van der Waals surface area contributed by atoms with Crippen LogP contribution in [0.4, 0.5) is 0 Å². The quantitative estimate of drug-likeness (QED) is 0.501. The van der Waals surface area contributed by atoms with Crippen molar-refractivity contribution in [2.75, 3.05) is 0 Å². The zero-order valence-electron chi connectivity index (χ0n) is 14.0. The van der Waals surface area contributed by atoms with Crippen LogP contribution in [0.3, 0.4) is 0 Å². The molecule has 0 unspecified atom stereocenters. The molecule has 0 amide bonds. The van der Waals surface area contributed by atoms with Gasteiger partial charge in [0.15, 0.2) is 0 Å². The van der Waals surface area contributed by atoms with E-state index in [-0.39, 0.29) is 17.3 Å². The molecule has 0 saturated carbocycles. The molecule has 1 N–H and O–H groups in total. The Bertz CT molecular complexity index is 1220. The van der Waals surface area contributed by atoms with E-state index in [1.807, 2.05) is 48.5 Å². The summed E-state index contributed by atoms with van der Waals surface area (Å²) in [6.07, 6.45) is 0. The average molecular weight is 444 g/mol. The van der Waals surface area contributed by atoms with Gasteiger partial charge in [0, 0.05) is 10.0 Å². The Balaban J connectivity index is 1.52. The van der Waals surface area contributed by atoms with Gasteiger partial charge in [-0.05, 0) is 35.0 Å². The van der Waals surface area contributed by atoms with Gasteiger partial charge in [0.2, 0.25) is 21.7 Å². The Hall–Kier alpha value is -2.55. The van der Waals surface area contributed by atoms with Crippen LogP contribution in [0.15, 0.2) is 80.6 Å². The van der Waals surface area contributed by atoms with Gasteiger partial charge in [-0.2, -0.15) is 4.98 Å². The summed E-state index contributed by atoms with van der Waals surface area (Å²) in [5.74, 6) is 0.588. The van der Waals surface area contributed by atoms with Crippen LogP contribution in [0, 0.1) is 0 Å². The Kier molecular flexibility index (Phi) is 4.77. The van der Waals surface area contributed by atoms with Gasteiger partial charge < -0.3 is 4.52 Å². The summed E-state index contributed by atoms with van der Waals surface area (Å²) in [4.78, 5) is 4.43. The van der Waals surface area contributed by atoms with Crippen molar-refractivity contribution in [1.29, 1.82) is 0 Å². The maximum atomic E-state index is 12.6. The second kappa shape index (κ2) is 7.22. The van der Waals surface area contributed by atoms with Crippen molar-refractivity contribution >= 4 is 36.7 Å². The molecule has 0 aliphatic rings. The third-order valence-corrected chi connectivity index (χ3v) is 5.89. The molecule has 0 radical (unpaired) electrons. The normalized spacial score (nSPS) is 11.7. The summed E-state index contributed by atoms with van der Waals surface area (Å²) in [5.41, 5.74) is 0.775. The van der Waals surface area contributed by atoms with E-state index in [0.717, 1.165) is 20.8 Å². The van der Waals surface area contributed by atoms with Gasteiger partial charge in [-0.15, -0.1) is 0 Å². The Labute approximate surface area is 164 Å². The standard InChI is InChI=1S/C19H14BrN3O3S/c20-16-7-3-6-15(10-16)19-22-18(26-23-19)12-21-27(24,25)17-9-8-13-4-1-2-5-14(13)11-17/h1-11,21H,12H2. The van der Waals surface area contributed by atoms with Crippen molar-refractivity contribution in [3.05, 3.63) is 77.1 Å². The molecule has 0 aliphatic carbocycles. The molecule has 8 heteroatoms. The van der Waals surface area contributed by atoms with Crippen LogP contribution < -0.4 is 4.72 Å². The molecule has 3 aromatic carbocycles. The maximum Gasteiger partial charge on any atom is 0.242 e. The molecule has 4 rings (SSSR count). The van der Waals surface area contributed by atoms with E-state index in [4.69, 9.17) is 4.52 Å². The second-order valence-electron chi connectivity index (χ2n) is 5.86. The number of halogens is 1. The minimum Gasteiger partial charge on any atom is -0.338 e. The number of benzene rings is 3. The van der Waals surface area contributed by atoms with Gasteiger partial charge in [-0.1, -0.05) is 63.6 Å². The summed E-state index contributed by atoms with van der Waals surface area (Å²) in [6.45, 7) is -0.0871. The number of aromatic nitrogens is 2. The summed E-state index contributed by atoms with van der Waals surface area (Å²) < 4.78 is 33.7. The van der Waals surface area contributed by atoms with Gasteiger partial charge in [0.1, 0.15) is 0 Å². The van der Waals surface area contributed by atoms with E-state index in [9.17, 15) is 8.42 Å². The lowest BCUT2D eigenvalue weighted by molar-refractivity contribution is 0.376. The molecule has 0 fully saturated rings. The zero-order valence-corrected chi connectivity index (χ0v) is 16.4. The highest BCUT2D eigenvalue weighted by atomic mass is 79.9. The number of nitrogens with one attached hydrogen (secondary N) is 1. The van der Waals surface area contributed by atoms with Crippen molar-refractivity contribution in [2.45, 2.75) is 11.4 Å². The molecule has 6 nitrogen and oxygen atoms in total. The van der Waals surface area contributed by atoms with Gasteiger partial charge in [-0.25, -0.2) is 13.1 Å². The number of nitrogens with zero attached hydrogens (tertiary/aromatic N) is 2. The fourth-order valence-electron chi connectivity index (χ4n) is 2.65. The first kappa shape index (κ1) is 17.8. The minimum atomic E-state index is -3.70. The fourth-order valence-corrected chi connectivity index (χ4v) is 4.05. The van der Waals surface area contributed by atoms with E-state index < -0.39 is 10.0 Å². The number of hydrogen-bond donors (Lipinski definition) is 1. The number of rotatable bonds is 5. The lowest BCUT2D eigenvalue weighted by atomic mass is 10.1. The zero-order chi connectivity index (χ0) is 18.9. The number of fused-ring (bicyclic) bond motifs is 1. The molecule has 0 atom stereocenters. The van der Waals surface area contributed by atoms with Crippen LogP contribution in [0.2, 0.25) is 0 Å². The van der Waals surface area contributed by atoms with Crippen LogP contribution in [0.1, 0.15) is 5.89 Å². The van der Waals surface area contributed by atoms with Crippen molar-refractivity contribution in [3.63, 3.8) is 0 Å². The van der Waals surface area contributed by atoms with Crippen LogP contribution in [0.5, 0.6) is 0 Å². The van der Waals surface area contributed by atoms with Crippen molar-refractivity contribution < 1.29 is 12.9 Å². The third kappa shape index (κ3) is 3.92. The Morgan fingerprint density at radius 1 is 0.963 bits per heavy atom. The SMILES string of the molecule is O=S(=O)(NCc1nc(-c2cccc(Br)c2)no1)c1ccc2ccccc2c1. The molecule has 136 valence electrons. The monoisotopic (exact) mass is 443 g/mol. The van der Waals surface area contributed by atoms with E-state index in [0.29, 0.717) is 5.82 Å². The van der Waals surface area contributed by atoms with Crippen molar-refractivity contribution in [1.82, 2.24) is 14.9 Å². The summed E-state index contributed by atoms with van der Waals surface area (Å²) >= 11 is 3.39. The lowest BCUT2D eigenvalue weighted by Crippen LogP contribution is -2.23. The summed E-state index contributed by atoms with van der Waals surface area (Å²) in [5, 5.41) is 5.74. The molecule has 0 spiro atoms. The highest BCUT2D eigenvalue weighted by Gasteiger charge is 2.17. The van der Waals surface area contributed by atoms with E-state index >= 15 is 0 Å². The van der Waals surface area contributed by atoms with Gasteiger partial charge in [0.25, 0.3) is 0 Å². The lowest BCUT2D eigenvalue weighted by Gasteiger charge is -2.06. The van der Waals surface area contributed by atoms with E-state index in [2.05, 4.69) is 30.8 Å². The van der Waals surface area contributed by atoms with Crippen molar-refractivity contribution in [3.8, 4) is 11.4 Å². The number of hydrogen-bond acceptors (Lipinski definition) is 5. The average Bonchev–Trinajstić information content (AvgIpc) is 3.15. The minimum absolute atomic E-state index is 0.0871. The highest BCUT2D eigenvalue weighted by molar-refractivity contribution is 9.10. The molecular weight excluding hydrogens is 430 g/mol. The van der Waals surface area contributed by atoms with Crippen LogP contribution in [0.25, 0.3) is 22.2 Å². The van der Waals surface area contributed by atoms with Gasteiger partial charge in [-0.3, -0.25) is 0 Å². The van der Waals surface area contributed by atoms with E-state index in [1.54, 1.807) is 18.2 Å². The van der Waals surface area contributed by atoms with E-state index in [1.165, 1.54) is 0 Å². The van der Waals surface area contributed by atoms with Crippen molar-refractivity contribution in [2.24, 2.45) is 0 Å². The predicted octanol–water partition coefficient (Wildman–Crippen LogP) is 4.13. The molecule has 1 heterocycles. The molecule has 0 aliphatic heterocycles. The maximum absolute atomic E-state index is 12.6.